The number of imidazole rings is 1. The number of aryl methyl sites for hydroxylation is 1. The Morgan fingerprint density at radius 1 is 1.15 bits per heavy atom. The lowest BCUT2D eigenvalue weighted by atomic mass is 9.67. The van der Waals surface area contributed by atoms with Crippen molar-refractivity contribution in [3.8, 4) is 0 Å². The van der Waals surface area contributed by atoms with E-state index in [1.165, 1.54) is 12.8 Å². The Hall–Kier alpha value is -1.64. The maximum atomic E-state index is 13.3. The average Bonchev–Trinajstić information content (AvgIpc) is 3.15. The number of rotatable bonds is 7. The summed E-state index contributed by atoms with van der Waals surface area (Å²) < 4.78 is 9.37. The second kappa shape index (κ2) is 11.2. The highest BCUT2D eigenvalue weighted by Crippen LogP contribution is 2.41. The van der Waals surface area contributed by atoms with Crippen LogP contribution in [0.15, 0.2) is 12.4 Å². The molecule has 2 aliphatic heterocycles. The highest BCUT2D eigenvalue weighted by atomic mass is 16.5. The van der Waals surface area contributed by atoms with Crippen molar-refractivity contribution < 1.29 is 9.53 Å². The lowest BCUT2D eigenvalue weighted by Crippen LogP contribution is -2.47. The number of aromatic nitrogens is 2. The quantitative estimate of drug-likeness (QED) is 0.499. The summed E-state index contributed by atoms with van der Waals surface area (Å²) in [5.74, 6) is 2.42. The fraction of sp³-hybridized carbons (Fsp3) is 0.840. The molecule has 8 nitrogen and oxygen atoms in total. The van der Waals surface area contributed by atoms with E-state index in [1.54, 1.807) is 7.11 Å². The van der Waals surface area contributed by atoms with Crippen molar-refractivity contribution >= 4 is 5.91 Å². The fourth-order valence-electron chi connectivity index (χ4n) is 6.57. The zero-order valence-corrected chi connectivity index (χ0v) is 20.7. The number of methoxy groups -OCH3 is 1. The molecule has 0 radical (unpaired) electrons. The molecular weight excluding hydrogens is 416 g/mol. The lowest BCUT2D eigenvalue weighted by molar-refractivity contribution is -0.128. The number of carbonyl (C=O) groups excluding carboxylic acids is 1. The van der Waals surface area contributed by atoms with Crippen molar-refractivity contribution in [1.29, 1.82) is 5.41 Å². The van der Waals surface area contributed by atoms with Crippen molar-refractivity contribution in [1.82, 2.24) is 25.1 Å². The lowest BCUT2D eigenvalue weighted by Gasteiger charge is -2.42. The molecule has 33 heavy (non-hydrogen) atoms. The molecule has 0 aromatic carbocycles. The van der Waals surface area contributed by atoms with Gasteiger partial charge in [0.2, 0.25) is 11.5 Å². The smallest absolute Gasteiger partial charge is 0.223 e. The summed E-state index contributed by atoms with van der Waals surface area (Å²) >= 11 is 0. The second-order valence-electron chi connectivity index (χ2n) is 10.8. The molecule has 3 fully saturated rings. The van der Waals surface area contributed by atoms with Crippen molar-refractivity contribution in [2.45, 2.75) is 70.7 Å². The van der Waals surface area contributed by atoms with Gasteiger partial charge in [0.15, 0.2) is 0 Å². The van der Waals surface area contributed by atoms with Crippen molar-refractivity contribution in [2.24, 2.45) is 36.6 Å². The molecule has 1 saturated carbocycles. The van der Waals surface area contributed by atoms with Gasteiger partial charge in [-0.25, -0.2) is 0 Å². The maximum absolute atomic E-state index is 13.3. The number of nitrogens with zero attached hydrogens (tertiary/aromatic N) is 2. The predicted octanol–water partition coefficient (Wildman–Crippen LogP) is 1.81. The van der Waals surface area contributed by atoms with Crippen LogP contribution in [-0.2, 0) is 23.1 Å². The number of ether oxygens (including phenoxy) is 1. The van der Waals surface area contributed by atoms with Gasteiger partial charge in [-0.05, 0) is 88.6 Å². The molecule has 1 amide bonds. The Kier molecular flexibility index (Phi) is 8.30. The number of nitrogens with one attached hydrogen (secondary N) is 4. The molecule has 4 rings (SSSR count). The number of piperidine rings is 2. The third-order valence-electron chi connectivity index (χ3n) is 8.49. The topological polar surface area (TPSA) is 96.1 Å². The largest absolute Gasteiger partial charge is 0.367 e. The van der Waals surface area contributed by atoms with E-state index in [0.29, 0.717) is 35.3 Å². The predicted molar refractivity (Wildman–Crippen MR) is 128 cm³/mol. The molecule has 2 saturated heterocycles. The Bertz CT molecular complexity index is 835. The van der Waals surface area contributed by atoms with Crippen molar-refractivity contribution in [2.75, 3.05) is 26.7 Å². The molecular formula is C25H44N6O2. The van der Waals surface area contributed by atoms with Gasteiger partial charge in [-0.1, -0.05) is 0 Å². The Balaban J connectivity index is 1.41. The van der Waals surface area contributed by atoms with Gasteiger partial charge in [0, 0.05) is 51.6 Å². The standard InChI is InChI=1S/C25H44N6O2/c1-17-22(5-4-7-27-17)20-11-19(16-31-10-9-30(2)25(31)26)12-21(14-20)24(32)29-15-18-6-8-28-23(13-18)33-3/h9-10,17-23,26-28H,4-8,11-16H2,1-3H3,(H,29,32). The second-order valence-corrected chi connectivity index (χ2v) is 10.8. The van der Waals surface area contributed by atoms with Crippen molar-refractivity contribution in [3.05, 3.63) is 18.0 Å². The van der Waals surface area contributed by atoms with Gasteiger partial charge in [0.1, 0.15) is 6.23 Å². The monoisotopic (exact) mass is 460 g/mol. The van der Waals surface area contributed by atoms with E-state index in [2.05, 4.69) is 22.9 Å². The van der Waals surface area contributed by atoms with E-state index in [-0.39, 0.29) is 18.1 Å². The van der Waals surface area contributed by atoms with Crippen LogP contribution in [-0.4, -0.2) is 54.1 Å². The first-order valence-electron chi connectivity index (χ1n) is 13.0. The summed E-state index contributed by atoms with van der Waals surface area (Å²) in [5, 5.41) is 18.7. The first kappa shape index (κ1) is 24.5. The molecule has 7 unspecified atom stereocenters. The van der Waals surface area contributed by atoms with Crippen LogP contribution in [0, 0.1) is 35.0 Å². The molecule has 3 heterocycles. The van der Waals surface area contributed by atoms with Gasteiger partial charge in [-0.15, -0.1) is 0 Å². The molecule has 0 spiro atoms. The molecule has 3 aliphatic rings. The molecule has 186 valence electrons. The summed E-state index contributed by atoms with van der Waals surface area (Å²) in [5.41, 5.74) is 0.532. The molecule has 1 aromatic rings. The van der Waals surface area contributed by atoms with E-state index in [0.717, 1.165) is 58.3 Å². The van der Waals surface area contributed by atoms with Crippen LogP contribution in [0.25, 0.3) is 0 Å². The highest BCUT2D eigenvalue weighted by molar-refractivity contribution is 5.78. The average molecular weight is 461 g/mol. The van der Waals surface area contributed by atoms with E-state index >= 15 is 0 Å². The molecule has 1 aliphatic carbocycles. The SMILES string of the molecule is COC1CC(CNC(=O)C2CC(Cn3ccn(C)c3=N)CC(C3CCCNC3C)C2)CCN1. The van der Waals surface area contributed by atoms with Crippen LogP contribution >= 0.6 is 0 Å². The van der Waals surface area contributed by atoms with Gasteiger partial charge in [0.25, 0.3) is 0 Å². The van der Waals surface area contributed by atoms with E-state index in [4.69, 9.17) is 10.1 Å². The van der Waals surface area contributed by atoms with Crippen LogP contribution < -0.4 is 21.6 Å². The maximum Gasteiger partial charge on any atom is 0.223 e. The number of hydrogen-bond acceptors (Lipinski definition) is 5. The summed E-state index contributed by atoms with van der Waals surface area (Å²) in [6.45, 7) is 5.96. The number of amides is 1. The minimum absolute atomic E-state index is 0.0707. The molecule has 7 atom stereocenters. The van der Waals surface area contributed by atoms with Gasteiger partial charge >= 0.3 is 0 Å². The minimum atomic E-state index is 0.0707. The van der Waals surface area contributed by atoms with Crippen LogP contribution in [0.3, 0.4) is 0 Å². The molecule has 1 aromatic heterocycles. The normalized spacial score (nSPS) is 35.3. The third kappa shape index (κ3) is 6.08. The zero-order chi connectivity index (χ0) is 23.4. The molecule has 8 heteroatoms. The molecule has 0 bridgehead atoms. The first-order chi connectivity index (χ1) is 15.9. The van der Waals surface area contributed by atoms with E-state index in [1.807, 2.05) is 28.6 Å². The minimum Gasteiger partial charge on any atom is -0.367 e. The summed E-state index contributed by atoms with van der Waals surface area (Å²) in [7, 11) is 3.66. The Morgan fingerprint density at radius 3 is 2.73 bits per heavy atom. The van der Waals surface area contributed by atoms with Crippen molar-refractivity contribution in [3.63, 3.8) is 0 Å². The third-order valence-corrected chi connectivity index (χ3v) is 8.49. The van der Waals surface area contributed by atoms with Gasteiger partial charge in [0.05, 0.1) is 0 Å². The van der Waals surface area contributed by atoms with E-state index in [9.17, 15) is 4.79 Å². The van der Waals surface area contributed by atoms with E-state index < -0.39 is 0 Å². The Labute approximate surface area is 198 Å². The van der Waals surface area contributed by atoms with Gasteiger partial charge < -0.3 is 24.5 Å². The number of carbonyl (C=O) groups is 1. The highest BCUT2D eigenvalue weighted by Gasteiger charge is 2.39. The van der Waals surface area contributed by atoms with Gasteiger partial charge in [-0.2, -0.15) is 0 Å². The zero-order valence-electron chi connectivity index (χ0n) is 20.7. The summed E-state index contributed by atoms with van der Waals surface area (Å²) in [6, 6.07) is 0.517. The Morgan fingerprint density at radius 2 is 2.00 bits per heavy atom. The number of hydrogen-bond donors (Lipinski definition) is 4. The molecule has 4 N–H and O–H groups in total. The van der Waals surface area contributed by atoms with Gasteiger partial charge in [-0.3, -0.25) is 15.5 Å². The summed E-state index contributed by atoms with van der Waals surface area (Å²) in [4.78, 5) is 13.3. The van der Waals surface area contributed by atoms with Crippen LogP contribution in [0.5, 0.6) is 0 Å². The fourth-order valence-corrected chi connectivity index (χ4v) is 6.57. The summed E-state index contributed by atoms with van der Waals surface area (Å²) in [6.07, 6.45) is 11.7. The van der Waals surface area contributed by atoms with Crippen LogP contribution in [0.2, 0.25) is 0 Å². The van der Waals surface area contributed by atoms with Crippen LogP contribution in [0.1, 0.15) is 51.9 Å². The first-order valence-corrected chi connectivity index (χ1v) is 13.0. The van der Waals surface area contributed by atoms with Crippen LogP contribution in [0.4, 0.5) is 0 Å².